The quantitative estimate of drug-likeness (QED) is 0.383. The molecule has 1 aliphatic rings. The molecule has 0 aliphatic carbocycles. The summed E-state index contributed by atoms with van der Waals surface area (Å²) in [7, 11) is 0. The van der Waals surface area contributed by atoms with Crippen LogP contribution in [0.25, 0.3) is 6.08 Å². The lowest BCUT2D eigenvalue weighted by atomic mass is 10.1. The van der Waals surface area contributed by atoms with Crippen LogP contribution in [0.15, 0.2) is 62.8 Å². The van der Waals surface area contributed by atoms with Crippen molar-refractivity contribution in [2.24, 2.45) is 0 Å². The van der Waals surface area contributed by atoms with Gasteiger partial charge in [-0.25, -0.2) is 4.79 Å². The summed E-state index contributed by atoms with van der Waals surface area (Å²) in [4.78, 5) is 28.6. The molecule has 0 bridgehead atoms. The summed E-state index contributed by atoms with van der Waals surface area (Å²) in [6.45, 7) is 6.64. The molecule has 3 rings (SSSR count). The molecule has 2 amide bonds. The molecule has 1 aliphatic heterocycles. The first-order valence-electron chi connectivity index (χ1n) is 10.9. The van der Waals surface area contributed by atoms with Gasteiger partial charge in [-0.05, 0) is 72.6 Å². The summed E-state index contributed by atoms with van der Waals surface area (Å²) in [6.07, 6.45) is -2.33. The third-order valence-electron chi connectivity index (χ3n) is 5.03. The Morgan fingerprint density at radius 3 is 2.20 bits per heavy atom. The Morgan fingerprint density at radius 1 is 0.971 bits per heavy atom. The topological polar surface area (TPSA) is 49.9 Å². The van der Waals surface area contributed by atoms with Gasteiger partial charge in [-0.15, -0.1) is 0 Å². The summed E-state index contributed by atoms with van der Waals surface area (Å²) in [5.74, 6) is -0.325. The Bertz CT molecular complexity index is 1110. The highest BCUT2D eigenvalue weighted by Gasteiger charge is 2.34. The van der Waals surface area contributed by atoms with Crippen molar-refractivity contribution in [3.63, 3.8) is 0 Å². The van der Waals surface area contributed by atoms with E-state index in [9.17, 15) is 22.8 Å². The minimum Gasteiger partial charge on any atom is -0.444 e. The first-order valence-corrected chi connectivity index (χ1v) is 12.5. The van der Waals surface area contributed by atoms with Crippen LogP contribution in [0, 0.1) is 0 Å². The first kappa shape index (κ1) is 27.1. The second-order valence-corrected chi connectivity index (χ2v) is 10.8. The second-order valence-electron chi connectivity index (χ2n) is 8.91. The zero-order valence-corrected chi connectivity index (χ0v) is 22.0. The minimum atomic E-state index is -4.55. The highest BCUT2D eigenvalue weighted by molar-refractivity contribution is 9.10. The van der Waals surface area contributed by atoms with Crippen LogP contribution in [0.3, 0.4) is 0 Å². The second kappa shape index (κ2) is 11.1. The first-order chi connectivity index (χ1) is 16.3. The Balaban J connectivity index is 1.67. The molecule has 0 atom stereocenters. The number of carbonyl (C=O) groups is 2. The van der Waals surface area contributed by atoms with E-state index in [-0.39, 0.29) is 16.4 Å². The van der Waals surface area contributed by atoms with E-state index in [0.29, 0.717) is 35.5 Å². The van der Waals surface area contributed by atoms with Crippen molar-refractivity contribution >= 4 is 45.8 Å². The molecule has 188 valence electrons. The van der Waals surface area contributed by atoms with Crippen LogP contribution < -0.4 is 0 Å². The number of benzene rings is 2. The van der Waals surface area contributed by atoms with Gasteiger partial charge in [0.05, 0.1) is 5.56 Å². The average molecular weight is 571 g/mol. The molecule has 1 fully saturated rings. The fourth-order valence-electron chi connectivity index (χ4n) is 3.32. The fourth-order valence-corrected chi connectivity index (χ4v) is 4.81. The summed E-state index contributed by atoms with van der Waals surface area (Å²) >= 11 is 4.38. The third kappa shape index (κ3) is 7.76. The molecular weight excluding hydrogens is 545 g/mol. The van der Waals surface area contributed by atoms with Crippen molar-refractivity contribution in [1.29, 1.82) is 0 Å². The van der Waals surface area contributed by atoms with E-state index in [1.165, 1.54) is 23.1 Å². The van der Waals surface area contributed by atoms with Gasteiger partial charge in [-0.2, -0.15) is 13.2 Å². The van der Waals surface area contributed by atoms with Gasteiger partial charge in [0.1, 0.15) is 5.60 Å². The van der Waals surface area contributed by atoms with E-state index in [4.69, 9.17) is 4.74 Å². The van der Waals surface area contributed by atoms with Gasteiger partial charge in [0.15, 0.2) is 0 Å². The average Bonchev–Trinajstić information content (AvgIpc) is 2.78. The van der Waals surface area contributed by atoms with Gasteiger partial charge in [0.2, 0.25) is 5.91 Å². The van der Waals surface area contributed by atoms with Crippen LogP contribution in [0.5, 0.6) is 0 Å². The molecule has 5 nitrogen and oxygen atoms in total. The maximum atomic E-state index is 13.8. The van der Waals surface area contributed by atoms with Crippen molar-refractivity contribution < 1.29 is 27.5 Å². The molecule has 0 spiro atoms. The van der Waals surface area contributed by atoms with Crippen LogP contribution in [0.2, 0.25) is 0 Å². The summed E-state index contributed by atoms with van der Waals surface area (Å²) in [5, 5.41) is 0. The Hall–Kier alpha value is -2.46. The Morgan fingerprint density at radius 2 is 1.60 bits per heavy atom. The molecule has 1 heterocycles. The van der Waals surface area contributed by atoms with Crippen LogP contribution >= 0.6 is 27.7 Å². The molecule has 10 heteroatoms. The molecule has 2 aromatic carbocycles. The largest absolute Gasteiger partial charge is 0.444 e. The van der Waals surface area contributed by atoms with Crippen LogP contribution in [0.4, 0.5) is 18.0 Å². The maximum absolute atomic E-state index is 13.8. The lowest BCUT2D eigenvalue weighted by Gasteiger charge is -2.35. The number of hydrogen-bond acceptors (Lipinski definition) is 4. The smallest absolute Gasteiger partial charge is 0.417 e. The molecule has 1 saturated heterocycles. The lowest BCUT2D eigenvalue weighted by molar-refractivity contribution is -0.139. The maximum Gasteiger partial charge on any atom is 0.417 e. The number of carbonyl (C=O) groups excluding carboxylic acids is 2. The predicted octanol–water partition coefficient (Wildman–Crippen LogP) is 6.71. The lowest BCUT2D eigenvalue weighted by Crippen LogP contribution is -2.51. The third-order valence-corrected chi connectivity index (χ3v) is 7.13. The number of alkyl halides is 3. The van der Waals surface area contributed by atoms with E-state index < -0.39 is 23.4 Å². The number of halogens is 4. The summed E-state index contributed by atoms with van der Waals surface area (Å²) in [6, 6.07) is 11.1. The number of amides is 2. The molecule has 0 radical (unpaired) electrons. The van der Waals surface area contributed by atoms with Crippen molar-refractivity contribution in [3.05, 3.63) is 64.1 Å². The van der Waals surface area contributed by atoms with Crippen molar-refractivity contribution in [3.8, 4) is 0 Å². The molecule has 0 saturated carbocycles. The fraction of sp³-hybridized carbons (Fsp3) is 0.360. The number of nitrogens with zero attached hydrogens (tertiary/aromatic N) is 2. The number of ether oxygens (including phenoxy) is 1. The van der Waals surface area contributed by atoms with Gasteiger partial charge in [0.25, 0.3) is 0 Å². The molecule has 0 N–H and O–H groups in total. The zero-order chi connectivity index (χ0) is 25.8. The standard InChI is InChI=1S/C25H26BrF3N2O3S/c1-24(2,3)34-23(33)31-14-12-30(13-15-31)22(32)11-9-17-8-10-20(18(16-17)25(27,28)29)35-21-7-5-4-6-19(21)26/h4-11,16H,12-15H2,1-3H3/b11-9+. The highest BCUT2D eigenvalue weighted by atomic mass is 79.9. The SMILES string of the molecule is CC(C)(C)OC(=O)N1CCN(C(=O)/C=C/c2ccc(Sc3ccccc3Br)c(C(F)(F)F)c2)CC1. The van der Waals surface area contributed by atoms with Crippen molar-refractivity contribution in [2.75, 3.05) is 26.2 Å². The van der Waals surface area contributed by atoms with Gasteiger partial charge < -0.3 is 14.5 Å². The van der Waals surface area contributed by atoms with E-state index in [2.05, 4.69) is 15.9 Å². The van der Waals surface area contributed by atoms with E-state index in [0.717, 1.165) is 17.8 Å². The summed E-state index contributed by atoms with van der Waals surface area (Å²) in [5.41, 5.74) is -1.10. The summed E-state index contributed by atoms with van der Waals surface area (Å²) < 4.78 is 47.3. The van der Waals surface area contributed by atoms with Crippen LogP contribution in [-0.2, 0) is 15.7 Å². The molecule has 0 unspecified atom stereocenters. The number of rotatable bonds is 4. The van der Waals surface area contributed by atoms with Crippen LogP contribution in [0.1, 0.15) is 31.9 Å². The molecular formula is C25H26BrF3N2O3S. The Labute approximate surface area is 215 Å². The van der Waals surface area contributed by atoms with Gasteiger partial charge in [-0.1, -0.05) is 30.0 Å². The Kier molecular flexibility index (Phi) is 8.58. The number of hydrogen-bond donors (Lipinski definition) is 0. The van der Waals surface area contributed by atoms with Gasteiger partial charge in [-0.3, -0.25) is 4.79 Å². The normalized spacial score (nSPS) is 14.9. The number of piperazine rings is 1. The monoisotopic (exact) mass is 570 g/mol. The van der Waals surface area contributed by atoms with E-state index in [1.807, 2.05) is 0 Å². The zero-order valence-electron chi connectivity index (χ0n) is 19.6. The molecule has 2 aromatic rings. The van der Waals surface area contributed by atoms with Crippen LogP contribution in [-0.4, -0.2) is 53.6 Å². The van der Waals surface area contributed by atoms with Gasteiger partial charge >= 0.3 is 12.3 Å². The predicted molar refractivity (Wildman–Crippen MR) is 133 cm³/mol. The van der Waals surface area contributed by atoms with E-state index in [1.54, 1.807) is 56.0 Å². The van der Waals surface area contributed by atoms with Crippen molar-refractivity contribution in [2.45, 2.75) is 42.3 Å². The highest BCUT2D eigenvalue weighted by Crippen LogP contribution is 2.42. The molecule has 0 aromatic heterocycles. The van der Waals surface area contributed by atoms with Crippen molar-refractivity contribution in [1.82, 2.24) is 9.80 Å². The molecule has 35 heavy (non-hydrogen) atoms. The van der Waals surface area contributed by atoms with Gasteiger partial charge in [0, 0.05) is 46.5 Å². The van der Waals surface area contributed by atoms with E-state index >= 15 is 0 Å². The minimum absolute atomic E-state index is 0.0751.